The van der Waals surface area contributed by atoms with Crippen molar-refractivity contribution in [3.8, 4) is 0 Å². The van der Waals surface area contributed by atoms with E-state index in [-0.39, 0.29) is 44.3 Å². The molecule has 0 heterocycles. The SMILES string of the molecule is CCC(=O)N(C)CC(=O)N(C)CC(=O)N(C)CC(=O)N(C)CC(=O)N(C)CC(=O)N(C)CC(=O)N[C@H](CCCCNC(C)=O)C(N)=O. The molecule has 0 unspecified atom stereocenters. The number of unbranched alkanes of at least 4 members (excludes halogenated alkanes) is 1. The van der Waals surface area contributed by atoms with Crippen LogP contribution in [-0.2, 0) is 43.2 Å². The average Bonchev–Trinajstić information content (AvgIpc) is 2.98. The third-order valence-electron chi connectivity index (χ3n) is 7.07. The van der Waals surface area contributed by atoms with Crippen LogP contribution in [0.2, 0.25) is 0 Å². The Balaban J connectivity index is 4.77. The summed E-state index contributed by atoms with van der Waals surface area (Å²) in [6.45, 7) is 1.39. The molecule has 9 amide bonds. The third-order valence-corrected chi connectivity index (χ3v) is 7.07. The van der Waals surface area contributed by atoms with E-state index in [0.717, 1.165) is 24.5 Å². The van der Waals surface area contributed by atoms with Crippen molar-refractivity contribution in [1.82, 2.24) is 40.0 Å². The van der Waals surface area contributed by atoms with E-state index < -0.39 is 67.0 Å². The van der Waals surface area contributed by atoms with Gasteiger partial charge in [0.2, 0.25) is 53.2 Å². The number of carbonyl (C=O) groups excluding carboxylic acids is 9. The van der Waals surface area contributed by atoms with Crippen molar-refractivity contribution in [3.05, 3.63) is 0 Å². The van der Waals surface area contributed by atoms with Gasteiger partial charge in [0.05, 0.1) is 39.3 Å². The van der Waals surface area contributed by atoms with E-state index in [1.165, 1.54) is 54.1 Å². The van der Waals surface area contributed by atoms with Crippen LogP contribution >= 0.6 is 0 Å². The first kappa shape index (κ1) is 42.2. The Labute approximate surface area is 275 Å². The molecule has 0 saturated carbocycles. The number of hydrogen-bond acceptors (Lipinski definition) is 9. The van der Waals surface area contributed by atoms with Crippen LogP contribution in [0.5, 0.6) is 0 Å². The van der Waals surface area contributed by atoms with Crippen LogP contribution < -0.4 is 16.4 Å². The second-order valence-electron chi connectivity index (χ2n) is 11.4. The topological polar surface area (TPSA) is 223 Å². The summed E-state index contributed by atoms with van der Waals surface area (Å²) in [7, 11) is 8.32. The van der Waals surface area contributed by atoms with Gasteiger partial charge in [0.15, 0.2) is 0 Å². The lowest BCUT2D eigenvalue weighted by Crippen LogP contribution is -2.50. The first-order chi connectivity index (χ1) is 21.8. The van der Waals surface area contributed by atoms with Gasteiger partial charge in [-0.15, -0.1) is 0 Å². The van der Waals surface area contributed by atoms with Crippen molar-refractivity contribution in [3.63, 3.8) is 0 Å². The number of nitrogens with zero attached hydrogens (tertiary/aromatic N) is 6. The summed E-state index contributed by atoms with van der Waals surface area (Å²) in [6, 6.07) is -0.956. The van der Waals surface area contributed by atoms with Gasteiger partial charge in [-0.1, -0.05) is 6.92 Å². The Hall–Kier alpha value is -4.77. The molecule has 0 rings (SSSR count). The molecule has 0 radical (unpaired) electrons. The number of likely N-dealkylation sites (N-methyl/N-ethyl adjacent to an activating group) is 6. The summed E-state index contributed by atoms with van der Waals surface area (Å²) in [4.78, 5) is 116. The van der Waals surface area contributed by atoms with Gasteiger partial charge in [-0.2, -0.15) is 0 Å². The molecule has 47 heavy (non-hydrogen) atoms. The highest BCUT2D eigenvalue weighted by Gasteiger charge is 2.25. The monoisotopic (exact) mass is 669 g/mol. The average molecular weight is 670 g/mol. The summed E-state index contributed by atoms with van der Waals surface area (Å²) in [5.41, 5.74) is 5.38. The van der Waals surface area contributed by atoms with Crippen LogP contribution in [0.25, 0.3) is 0 Å². The molecule has 1 atom stereocenters. The van der Waals surface area contributed by atoms with E-state index in [4.69, 9.17) is 5.73 Å². The highest BCUT2D eigenvalue weighted by Crippen LogP contribution is 2.02. The van der Waals surface area contributed by atoms with Crippen molar-refractivity contribution < 1.29 is 43.2 Å². The third kappa shape index (κ3) is 16.9. The van der Waals surface area contributed by atoms with Crippen molar-refractivity contribution >= 4 is 53.2 Å². The number of nitrogens with one attached hydrogen (secondary N) is 2. The van der Waals surface area contributed by atoms with Crippen LogP contribution in [0.3, 0.4) is 0 Å². The Morgan fingerprint density at radius 2 is 0.894 bits per heavy atom. The maximum Gasteiger partial charge on any atom is 0.242 e. The van der Waals surface area contributed by atoms with Gasteiger partial charge >= 0.3 is 0 Å². The van der Waals surface area contributed by atoms with Crippen molar-refractivity contribution in [2.45, 2.75) is 45.6 Å². The first-order valence-corrected chi connectivity index (χ1v) is 15.1. The zero-order chi connectivity index (χ0) is 36.4. The van der Waals surface area contributed by atoms with Gasteiger partial charge in [0.1, 0.15) is 6.04 Å². The molecule has 18 nitrogen and oxygen atoms in total. The van der Waals surface area contributed by atoms with Crippen molar-refractivity contribution in [2.24, 2.45) is 5.73 Å². The van der Waals surface area contributed by atoms with E-state index in [1.54, 1.807) is 6.92 Å². The predicted molar refractivity (Wildman–Crippen MR) is 170 cm³/mol. The number of hydrogen-bond donors (Lipinski definition) is 3. The summed E-state index contributed by atoms with van der Waals surface area (Å²) in [5, 5.41) is 5.12. The fraction of sp³-hybridized carbons (Fsp3) is 0.690. The molecular formula is C29H51N9O9. The second-order valence-corrected chi connectivity index (χ2v) is 11.4. The van der Waals surface area contributed by atoms with E-state index in [0.29, 0.717) is 19.4 Å². The Morgan fingerprint density at radius 1 is 0.553 bits per heavy atom. The molecule has 0 aliphatic carbocycles. The fourth-order valence-electron chi connectivity index (χ4n) is 3.90. The molecule has 18 heteroatoms. The van der Waals surface area contributed by atoms with Crippen LogP contribution in [-0.4, -0.2) is 177 Å². The smallest absolute Gasteiger partial charge is 0.242 e. The Morgan fingerprint density at radius 3 is 1.21 bits per heavy atom. The van der Waals surface area contributed by atoms with E-state index in [1.807, 2.05) is 0 Å². The van der Waals surface area contributed by atoms with Crippen LogP contribution in [0, 0.1) is 0 Å². The predicted octanol–water partition coefficient (Wildman–Crippen LogP) is -3.58. The number of primary amides is 1. The van der Waals surface area contributed by atoms with Gasteiger partial charge in [-0.3, -0.25) is 43.2 Å². The standard InChI is InChI=1S/C29H51N9O9/c1-9-23(41)34(4)15-25(43)36(6)17-27(45)38(8)19-28(46)37(7)18-26(44)35(5)16-24(42)33(3)14-22(40)32-21(29(30)47)12-10-11-13-31-20(2)39/h21H,9-19H2,1-8H3,(H2,30,47)(H,31,39)(H,32,40)/t21-/m1/s1. The van der Waals surface area contributed by atoms with E-state index in [9.17, 15) is 43.2 Å². The summed E-state index contributed by atoms with van der Waals surface area (Å²) in [5.74, 6) is -4.46. The molecule has 0 aromatic carbocycles. The molecule has 0 aromatic heterocycles. The van der Waals surface area contributed by atoms with Gasteiger partial charge < -0.3 is 45.8 Å². The molecule has 0 saturated heterocycles. The van der Waals surface area contributed by atoms with E-state index >= 15 is 0 Å². The molecule has 4 N–H and O–H groups in total. The zero-order valence-electron chi connectivity index (χ0n) is 28.8. The molecule has 0 fully saturated rings. The summed E-state index contributed by atoms with van der Waals surface area (Å²) < 4.78 is 0. The molecule has 0 spiro atoms. The molecule has 266 valence electrons. The number of rotatable bonds is 20. The van der Waals surface area contributed by atoms with Crippen molar-refractivity contribution in [2.75, 3.05) is 88.1 Å². The highest BCUT2D eigenvalue weighted by atomic mass is 16.2. The largest absolute Gasteiger partial charge is 0.368 e. The lowest BCUT2D eigenvalue weighted by molar-refractivity contribution is -0.145. The van der Waals surface area contributed by atoms with E-state index in [2.05, 4.69) is 10.6 Å². The quantitative estimate of drug-likeness (QED) is 0.109. The van der Waals surface area contributed by atoms with Crippen molar-refractivity contribution in [1.29, 1.82) is 0 Å². The summed E-state index contributed by atoms with van der Waals surface area (Å²) in [6.07, 6.45) is 1.58. The zero-order valence-corrected chi connectivity index (χ0v) is 28.8. The van der Waals surface area contributed by atoms with Gasteiger partial charge in [0.25, 0.3) is 0 Å². The normalized spacial score (nSPS) is 11.0. The summed E-state index contributed by atoms with van der Waals surface area (Å²) >= 11 is 0. The van der Waals surface area contributed by atoms with Gasteiger partial charge in [0, 0.05) is 62.2 Å². The minimum absolute atomic E-state index is 0.176. The molecule has 0 aromatic rings. The Bertz CT molecular complexity index is 1160. The van der Waals surface area contributed by atoms with Crippen LogP contribution in [0.1, 0.15) is 39.5 Å². The van der Waals surface area contributed by atoms with Gasteiger partial charge in [-0.25, -0.2) is 0 Å². The van der Waals surface area contributed by atoms with Crippen LogP contribution in [0.15, 0.2) is 0 Å². The molecule has 0 aliphatic rings. The molecule has 0 aliphatic heterocycles. The minimum Gasteiger partial charge on any atom is -0.368 e. The first-order valence-electron chi connectivity index (χ1n) is 15.1. The fourth-order valence-corrected chi connectivity index (χ4v) is 3.90. The minimum atomic E-state index is -0.956. The van der Waals surface area contributed by atoms with Gasteiger partial charge in [-0.05, 0) is 19.3 Å². The molecular weight excluding hydrogens is 618 g/mol. The lowest BCUT2D eigenvalue weighted by atomic mass is 10.1. The maximum atomic E-state index is 12.7. The number of amides is 9. The highest BCUT2D eigenvalue weighted by molar-refractivity contribution is 5.93. The number of nitrogens with two attached hydrogens (primary N) is 1. The lowest BCUT2D eigenvalue weighted by Gasteiger charge is -2.26. The molecule has 0 bridgehead atoms. The maximum absolute atomic E-state index is 12.7. The number of carbonyl (C=O) groups is 9. The Kier molecular flexibility index (Phi) is 19.0. The second kappa shape index (κ2) is 21.1. The van der Waals surface area contributed by atoms with Crippen LogP contribution in [0.4, 0.5) is 0 Å².